The second-order valence-corrected chi connectivity index (χ2v) is 12.7. The summed E-state index contributed by atoms with van der Waals surface area (Å²) in [5.74, 6) is -0.393. The van der Waals surface area contributed by atoms with Crippen LogP contribution in [-0.4, -0.2) is 62.1 Å². The number of nitrogens with zero attached hydrogens (tertiary/aromatic N) is 2. The second kappa shape index (κ2) is 13.9. The van der Waals surface area contributed by atoms with E-state index < -0.39 is 6.10 Å². The molecule has 2 aromatic carbocycles. The molecule has 9 heteroatoms. The van der Waals surface area contributed by atoms with E-state index in [1.165, 1.54) is 0 Å². The smallest absolute Gasteiger partial charge is 0.308 e. The zero-order chi connectivity index (χ0) is 30.4. The lowest BCUT2D eigenvalue weighted by Gasteiger charge is -2.37. The van der Waals surface area contributed by atoms with Crippen LogP contribution in [-0.2, 0) is 23.9 Å². The van der Waals surface area contributed by atoms with E-state index in [4.69, 9.17) is 25.8 Å². The Morgan fingerprint density at radius 2 is 1.83 bits per heavy atom. The lowest BCUT2D eigenvalue weighted by molar-refractivity contribution is -0.151. The number of anilines is 1. The van der Waals surface area contributed by atoms with Crippen LogP contribution in [0, 0.1) is 11.3 Å². The molecule has 0 bridgehead atoms. The van der Waals surface area contributed by atoms with Crippen molar-refractivity contribution in [1.82, 2.24) is 4.90 Å². The lowest BCUT2D eigenvalue weighted by atomic mass is 9.84. The van der Waals surface area contributed by atoms with Gasteiger partial charge in [-0.05, 0) is 55.9 Å². The van der Waals surface area contributed by atoms with E-state index in [0.29, 0.717) is 36.0 Å². The molecule has 1 heterocycles. The van der Waals surface area contributed by atoms with Crippen molar-refractivity contribution in [1.29, 1.82) is 0 Å². The average Bonchev–Trinajstić information content (AvgIpc) is 2.97. The van der Waals surface area contributed by atoms with Crippen LogP contribution >= 0.6 is 11.6 Å². The first kappa shape index (κ1) is 31.8. The van der Waals surface area contributed by atoms with E-state index in [1.54, 1.807) is 29.9 Å². The molecular formula is C33H43ClN2O6. The molecule has 1 aliphatic heterocycles. The van der Waals surface area contributed by atoms with E-state index in [9.17, 15) is 14.4 Å². The maximum absolute atomic E-state index is 14.0. The van der Waals surface area contributed by atoms with E-state index >= 15 is 0 Å². The lowest BCUT2D eigenvalue weighted by Crippen LogP contribution is -2.47. The standard InChI is InChI=1S/C33H43ClN2O6/c1-6-41-32(39)22-10-9-11-24(18-22)35-16-17-42-31(25-12-7-8-13-28(25)40-5)26-19-23(34)14-15-27(26)36(21-33(2,3)4)30(38)20-29(35)37/h7-8,12-15,19,22,24,31H,6,9-11,16-18,20-21H2,1-5H3/t22-,24-,31?/m0/s1. The highest BCUT2D eigenvalue weighted by molar-refractivity contribution is 6.30. The molecule has 8 nitrogen and oxygen atoms in total. The SMILES string of the molecule is CCOC(=O)[C@H]1CCC[C@H](N2CCOC(c3ccccc3OC)c3cc(Cl)ccc3N(CC(C)(C)C)C(=O)CC2=O)C1. The fourth-order valence-corrected chi connectivity index (χ4v) is 6.20. The minimum atomic E-state index is -0.612. The van der Waals surface area contributed by atoms with Crippen LogP contribution in [0.5, 0.6) is 5.75 Å². The second-order valence-electron chi connectivity index (χ2n) is 12.3. The Morgan fingerprint density at radius 3 is 2.55 bits per heavy atom. The summed E-state index contributed by atoms with van der Waals surface area (Å²) in [5.41, 5.74) is 1.91. The van der Waals surface area contributed by atoms with E-state index in [-0.39, 0.29) is 54.7 Å². The first-order valence-electron chi connectivity index (χ1n) is 14.8. The maximum atomic E-state index is 14.0. The van der Waals surface area contributed by atoms with Crippen LogP contribution in [0.2, 0.25) is 5.02 Å². The molecule has 4 rings (SSSR count). The fraction of sp³-hybridized carbons (Fsp3) is 0.545. The largest absolute Gasteiger partial charge is 0.496 e. The summed E-state index contributed by atoms with van der Waals surface area (Å²) in [6.07, 6.45) is 1.91. The summed E-state index contributed by atoms with van der Waals surface area (Å²) in [5, 5.41) is 0.514. The van der Waals surface area contributed by atoms with Gasteiger partial charge < -0.3 is 24.0 Å². The summed E-state index contributed by atoms with van der Waals surface area (Å²) in [4.78, 5) is 43.9. The summed E-state index contributed by atoms with van der Waals surface area (Å²) in [6, 6.07) is 12.9. The molecule has 0 spiro atoms. The third kappa shape index (κ3) is 7.64. The molecule has 42 heavy (non-hydrogen) atoms. The third-order valence-corrected chi connectivity index (χ3v) is 8.10. The van der Waals surface area contributed by atoms with Gasteiger partial charge in [-0.15, -0.1) is 0 Å². The molecule has 2 amide bonds. The molecule has 0 aromatic heterocycles. The predicted molar refractivity (Wildman–Crippen MR) is 163 cm³/mol. The van der Waals surface area contributed by atoms with Crippen molar-refractivity contribution in [3.8, 4) is 5.75 Å². The minimum absolute atomic E-state index is 0.185. The van der Waals surface area contributed by atoms with E-state index in [1.807, 2.05) is 36.4 Å². The number of methoxy groups -OCH3 is 1. The van der Waals surface area contributed by atoms with Crippen molar-refractivity contribution >= 4 is 35.1 Å². The topological polar surface area (TPSA) is 85.4 Å². The molecule has 1 aliphatic carbocycles. The summed E-state index contributed by atoms with van der Waals surface area (Å²) < 4.78 is 17.6. The molecule has 1 fully saturated rings. The quantitative estimate of drug-likeness (QED) is 0.291. The Balaban J connectivity index is 1.78. The van der Waals surface area contributed by atoms with Gasteiger partial charge in [0.2, 0.25) is 11.8 Å². The van der Waals surface area contributed by atoms with Crippen molar-refractivity contribution in [2.75, 3.05) is 38.3 Å². The molecular weight excluding hydrogens is 556 g/mol. The average molecular weight is 599 g/mol. The first-order chi connectivity index (χ1) is 20.0. The highest BCUT2D eigenvalue weighted by Gasteiger charge is 2.37. The Morgan fingerprint density at radius 1 is 1.07 bits per heavy atom. The number of rotatable bonds is 6. The highest BCUT2D eigenvalue weighted by atomic mass is 35.5. The zero-order valence-electron chi connectivity index (χ0n) is 25.4. The summed E-state index contributed by atoms with van der Waals surface area (Å²) >= 11 is 6.54. The molecule has 0 N–H and O–H groups in total. The number of benzene rings is 2. The maximum Gasteiger partial charge on any atom is 0.308 e. The van der Waals surface area contributed by atoms with Crippen LogP contribution in [0.1, 0.15) is 77.0 Å². The molecule has 228 valence electrons. The molecule has 3 atom stereocenters. The summed E-state index contributed by atoms with van der Waals surface area (Å²) in [6.45, 7) is 9.18. The highest BCUT2D eigenvalue weighted by Crippen LogP contribution is 2.40. The number of carbonyl (C=O) groups excluding carboxylic acids is 3. The van der Waals surface area contributed by atoms with Gasteiger partial charge in [-0.2, -0.15) is 0 Å². The van der Waals surface area contributed by atoms with Crippen LogP contribution in [0.15, 0.2) is 42.5 Å². The normalized spacial score (nSPS) is 22.3. The van der Waals surface area contributed by atoms with Crippen molar-refractivity contribution in [2.24, 2.45) is 11.3 Å². The predicted octanol–water partition coefficient (Wildman–Crippen LogP) is 6.19. The van der Waals surface area contributed by atoms with Crippen LogP contribution in [0.25, 0.3) is 0 Å². The fourth-order valence-electron chi connectivity index (χ4n) is 6.02. The first-order valence-corrected chi connectivity index (χ1v) is 15.2. The number of fused-ring (bicyclic) bond motifs is 1. The Bertz CT molecular complexity index is 1280. The molecule has 2 aromatic rings. The minimum Gasteiger partial charge on any atom is -0.496 e. The number of ether oxygens (including phenoxy) is 3. The number of hydrogen-bond acceptors (Lipinski definition) is 6. The van der Waals surface area contributed by atoms with Crippen LogP contribution < -0.4 is 9.64 Å². The van der Waals surface area contributed by atoms with Gasteiger partial charge in [0.05, 0.1) is 26.2 Å². The Hall–Kier alpha value is -3.10. The number of amides is 2. The van der Waals surface area contributed by atoms with Gasteiger partial charge in [-0.3, -0.25) is 14.4 Å². The molecule has 0 saturated heterocycles. The van der Waals surface area contributed by atoms with Crippen LogP contribution in [0.4, 0.5) is 5.69 Å². The van der Waals surface area contributed by atoms with Gasteiger partial charge in [0.25, 0.3) is 0 Å². The van der Waals surface area contributed by atoms with E-state index in [0.717, 1.165) is 30.4 Å². The van der Waals surface area contributed by atoms with E-state index in [2.05, 4.69) is 20.8 Å². The molecule has 1 unspecified atom stereocenters. The molecule has 0 radical (unpaired) electrons. The van der Waals surface area contributed by atoms with Crippen molar-refractivity contribution in [3.05, 3.63) is 58.6 Å². The van der Waals surface area contributed by atoms with Gasteiger partial charge in [-0.1, -0.05) is 57.0 Å². The van der Waals surface area contributed by atoms with Gasteiger partial charge >= 0.3 is 5.97 Å². The number of para-hydroxylation sites is 1. The zero-order valence-corrected chi connectivity index (χ0v) is 26.1. The number of hydrogen-bond donors (Lipinski definition) is 0. The number of carbonyl (C=O) groups is 3. The number of esters is 1. The van der Waals surface area contributed by atoms with Gasteiger partial charge in [0.1, 0.15) is 18.3 Å². The molecule has 1 saturated carbocycles. The van der Waals surface area contributed by atoms with Gasteiger partial charge in [0.15, 0.2) is 0 Å². The Labute approximate surface area is 254 Å². The van der Waals surface area contributed by atoms with Crippen molar-refractivity contribution < 1.29 is 28.6 Å². The van der Waals surface area contributed by atoms with Crippen molar-refractivity contribution in [2.45, 2.75) is 71.9 Å². The Kier molecular flexibility index (Phi) is 10.5. The number of halogens is 1. The monoisotopic (exact) mass is 598 g/mol. The van der Waals surface area contributed by atoms with Crippen molar-refractivity contribution in [3.63, 3.8) is 0 Å². The summed E-state index contributed by atoms with van der Waals surface area (Å²) in [7, 11) is 1.61. The molecule has 2 aliphatic rings. The van der Waals surface area contributed by atoms with Crippen LogP contribution in [0.3, 0.4) is 0 Å². The third-order valence-electron chi connectivity index (χ3n) is 7.86. The van der Waals surface area contributed by atoms with Gasteiger partial charge in [0, 0.05) is 41.0 Å². The van der Waals surface area contributed by atoms with Gasteiger partial charge in [-0.25, -0.2) is 0 Å².